The number of carbonyl (C=O) groups is 1. The zero-order valence-corrected chi connectivity index (χ0v) is 8.93. The number of rotatable bonds is 7. The summed E-state index contributed by atoms with van der Waals surface area (Å²) < 4.78 is 4.93. The van der Waals surface area contributed by atoms with E-state index in [1.54, 1.807) is 0 Å². The molecule has 0 saturated carbocycles. The van der Waals surface area contributed by atoms with Crippen molar-refractivity contribution in [1.82, 2.24) is 0 Å². The average Bonchev–Trinajstić information content (AvgIpc) is 2.03. The van der Waals surface area contributed by atoms with Crippen LogP contribution in [0, 0.1) is 0 Å². The summed E-state index contributed by atoms with van der Waals surface area (Å²) in [5.41, 5.74) is 0.942. The van der Waals surface area contributed by atoms with Gasteiger partial charge in [-0.15, -0.1) is 0 Å². The SMILES string of the molecule is C=C(CC)CCCC(C)(C)OC=O. The number of hydrogen-bond acceptors (Lipinski definition) is 2. The quantitative estimate of drug-likeness (QED) is 0.449. The summed E-state index contributed by atoms with van der Waals surface area (Å²) in [4.78, 5) is 10.1. The van der Waals surface area contributed by atoms with Crippen molar-refractivity contribution in [3.8, 4) is 0 Å². The van der Waals surface area contributed by atoms with Crippen molar-refractivity contribution in [3.63, 3.8) is 0 Å². The van der Waals surface area contributed by atoms with E-state index in [0.29, 0.717) is 6.47 Å². The zero-order valence-electron chi connectivity index (χ0n) is 8.93. The fourth-order valence-electron chi connectivity index (χ4n) is 1.13. The lowest BCUT2D eigenvalue weighted by atomic mass is 9.98. The van der Waals surface area contributed by atoms with E-state index in [9.17, 15) is 4.79 Å². The molecule has 0 aliphatic heterocycles. The van der Waals surface area contributed by atoms with Crippen LogP contribution in [0.25, 0.3) is 0 Å². The molecule has 0 heterocycles. The molecular formula is C11H20O2. The zero-order chi connectivity index (χ0) is 10.3. The lowest BCUT2D eigenvalue weighted by Crippen LogP contribution is -2.23. The van der Waals surface area contributed by atoms with Crippen LogP contribution in [0.2, 0.25) is 0 Å². The molecule has 2 nitrogen and oxygen atoms in total. The topological polar surface area (TPSA) is 26.3 Å². The summed E-state index contributed by atoms with van der Waals surface area (Å²) >= 11 is 0. The molecule has 0 radical (unpaired) electrons. The van der Waals surface area contributed by atoms with Gasteiger partial charge < -0.3 is 4.74 Å². The highest BCUT2D eigenvalue weighted by atomic mass is 16.5. The van der Waals surface area contributed by atoms with Gasteiger partial charge in [-0.2, -0.15) is 0 Å². The minimum Gasteiger partial charge on any atom is -0.462 e. The van der Waals surface area contributed by atoms with Crippen molar-refractivity contribution >= 4 is 6.47 Å². The molecule has 2 heteroatoms. The predicted octanol–water partition coefficient (Wildman–Crippen LogP) is 3.07. The summed E-state index contributed by atoms with van der Waals surface area (Å²) in [5.74, 6) is 0. The highest BCUT2D eigenvalue weighted by Crippen LogP contribution is 2.19. The van der Waals surface area contributed by atoms with E-state index >= 15 is 0 Å². The van der Waals surface area contributed by atoms with Gasteiger partial charge in [0, 0.05) is 0 Å². The van der Waals surface area contributed by atoms with E-state index in [1.807, 2.05) is 13.8 Å². The molecular weight excluding hydrogens is 164 g/mol. The Bertz CT molecular complexity index is 171. The molecule has 0 fully saturated rings. The third-order valence-corrected chi connectivity index (χ3v) is 2.18. The largest absolute Gasteiger partial charge is 0.462 e. The van der Waals surface area contributed by atoms with Crippen molar-refractivity contribution < 1.29 is 9.53 Å². The third-order valence-electron chi connectivity index (χ3n) is 2.18. The predicted molar refractivity (Wildman–Crippen MR) is 54.5 cm³/mol. The van der Waals surface area contributed by atoms with Gasteiger partial charge in [-0.05, 0) is 39.5 Å². The Labute approximate surface area is 81.0 Å². The second kappa shape index (κ2) is 5.79. The Balaban J connectivity index is 3.62. The fraction of sp³-hybridized carbons (Fsp3) is 0.727. The van der Waals surface area contributed by atoms with Crippen molar-refractivity contribution in [2.45, 2.75) is 52.1 Å². The van der Waals surface area contributed by atoms with Gasteiger partial charge in [0.15, 0.2) is 0 Å². The molecule has 0 rings (SSSR count). The molecule has 0 spiro atoms. The van der Waals surface area contributed by atoms with Crippen LogP contribution in [0.1, 0.15) is 46.5 Å². The van der Waals surface area contributed by atoms with Gasteiger partial charge in [0.05, 0.1) is 0 Å². The van der Waals surface area contributed by atoms with Crippen LogP contribution in [0.5, 0.6) is 0 Å². The molecule has 0 aromatic heterocycles. The van der Waals surface area contributed by atoms with E-state index in [4.69, 9.17) is 4.74 Å². The Kier molecular flexibility index (Phi) is 5.44. The lowest BCUT2D eigenvalue weighted by Gasteiger charge is -2.22. The standard InChI is InChI=1S/C11H20O2/c1-5-10(2)7-6-8-11(3,4)13-9-12/h9H,2,5-8H2,1,3-4H3. The summed E-state index contributed by atoms with van der Waals surface area (Å²) in [7, 11) is 0. The third kappa shape index (κ3) is 6.38. The maximum atomic E-state index is 10.1. The Morgan fingerprint density at radius 1 is 1.54 bits per heavy atom. The van der Waals surface area contributed by atoms with E-state index in [2.05, 4.69) is 13.5 Å². The Morgan fingerprint density at radius 3 is 2.62 bits per heavy atom. The van der Waals surface area contributed by atoms with Crippen LogP contribution >= 0.6 is 0 Å². The van der Waals surface area contributed by atoms with Crippen LogP contribution < -0.4 is 0 Å². The van der Waals surface area contributed by atoms with Crippen molar-refractivity contribution in [2.75, 3.05) is 0 Å². The molecule has 0 amide bonds. The number of ether oxygens (including phenoxy) is 1. The number of allylic oxidation sites excluding steroid dienone is 1. The van der Waals surface area contributed by atoms with Crippen LogP contribution in [0.3, 0.4) is 0 Å². The lowest BCUT2D eigenvalue weighted by molar-refractivity contribution is -0.140. The van der Waals surface area contributed by atoms with E-state index in [-0.39, 0.29) is 5.60 Å². The van der Waals surface area contributed by atoms with Gasteiger partial charge in [-0.25, -0.2) is 0 Å². The van der Waals surface area contributed by atoms with E-state index < -0.39 is 0 Å². The summed E-state index contributed by atoms with van der Waals surface area (Å²) in [6, 6.07) is 0. The van der Waals surface area contributed by atoms with E-state index in [1.165, 1.54) is 5.57 Å². The molecule has 13 heavy (non-hydrogen) atoms. The van der Waals surface area contributed by atoms with Crippen molar-refractivity contribution in [3.05, 3.63) is 12.2 Å². The van der Waals surface area contributed by atoms with E-state index in [0.717, 1.165) is 25.7 Å². The monoisotopic (exact) mass is 184 g/mol. The minimum atomic E-state index is -0.324. The number of hydrogen-bond donors (Lipinski definition) is 0. The Hall–Kier alpha value is -0.790. The molecule has 0 aliphatic rings. The van der Waals surface area contributed by atoms with Crippen LogP contribution in [-0.4, -0.2) is 12.1 Å². The van der Waals surface area contributed by atoms with Gasteiger partial charge in [-0.3, -0.25) is 4.79 Å². The summed E-state index contributed by atoms with van der Waals surface area (Å²) in [5, 5.41) is 0. The van der Waals surface area contributed by atoms with Gasteiger partial charge in [-0.1, -0.05) is 19.1 Å². The first-order valence-electron chi connectivity index (χ1n) is 4.80. The normalized spacial score (nSPS) is 11.0. The highest BCUT2D eigenvalue weighted by Gasteiger charge is 2.17. The maximum Gasteiger partial charge on any atom is 0.293 e. The second-order valence-electron chi connectivity index (χ2n) is 3.93. The first kappa shape index (κ1) is 12.2. The van der Waals surface area contributed by atoms with Gasteiger partial charge in [0.1, 0.15) is 5.60 Å². The molecule has 0 bridgehead atoms. The summed E-state index contributed by atoms with van der Waals surface area (Å²) in [6.07, 6.45) is 4.00. The average molecular weight is 184 g/mol. The van der Waals surface area contributed by atoms with Crippen molar-refractivity contribution in [2.24, 2.45) is 0 Å². The molecule has 0 saturated heterocycles. The molecule has 0 aromatic rings. The number of carbonyl (C=O) groups excluding carboxylic acids is 1. The first-order valence-corrected chi connectivity index (χ1v) is 4.80. The smallest absolute Gasteiger partial charge is 0.293 e. The summed E-state index contributed by atoms with van der Waals surface area (Å²) in [6.45, 7) is 10.4. The molecule has 0 aliphatic carbocycles. The second-order valence-corrected chi connectivity index (χ2v) is 3.93. The molecule has 0 aromatic carbocycles. The molecule has 0 atom stereocenters. The molecule has 76 valence electrons. The Morgan fingerprint density at radius 2 is 2.15 bits per heavy atom. The molecule has 0 unspecified atom stereocenters. The maximum absolute atomic E-state index is 10.1. The van der Waals surface area contributed by atoms with Crippen LogP contribution in [-0.2, 0) is 9.53 Å². The van der Waals surface area contributed by atoms with Gasteiger partial charge >= 0.3 is 0 Å². The van der Waals surface area contributed by atoms with Crippen molar-refractivity contribution in [1.29, 1.82) is 0 Å². The molecule has 0 N–H and O–H groups in total. The minimum absolute atomic E-state index is 0.324. The van der Waals surface area contributed by atoms with Crippen LogP contribution in [0.15, 0.2) is 12.2 Å². The first-order chi connectivity index (χ1) is 6.02. The highest BCUT2D eigenvalue weighted by molar-refractivity contribution is 5.38. The van der Waals surface area contributed by atoms with Crippen LogP contribution in [0.4, 0.5) is 0 Å². The van der Waals surface area contributed by atoms with Gasteiger partial charge in [0.25, 0.3) is 6.47 Å². The fourth-order valence-corrected chi connectivity index (χ4v) is 1.13. The van der Waals surface area contributed by atoms with Gasteiger partial charge in [0.2, 0.25) is 0 Å².